The van der Waals surface area contributed by atoms with E-state index in [0.717, 1.165) is 32.1 Å². The van der Waals surface area contributed by atoms with Crippen LogP contribution in [0.5, 0.6) is 0 Å². The Kier molecular flexibility index (Phi) is 56.6. The lowest BCUT2D eigenvalue weighted by Gasteiger charge is -2.19. The molecule has 0 heterocycles. The van der Waals surface area contributed by atoms with Gasteiger partial charge in [-0.15, -0.1) is 12.4 Å². The highest BCUT2D eigenvalue weighted by molar-refractivity contribution is 5.86. The van der Waals surface area contributed by atoms with Crippen molar-refractivity contribution < 1.29 is 66.5 Å². The average Bonchev–Trinajstić information content (AvgIpc) is 3.22. The molecule has 384 valence electrons. The predicted molar refractivity (Wildman–Crippen MR) is 251 cm³/mol. The molecule has 0 fully saturated rings. The molecule has 0 rings (SSSR count). The van der Waals surface area contributed by atoms with Gasteiger partial charge in [-0.1, -0.05) is 6.58 Å². The van der Waals surface area contributed by atoms with Gasteiger partial charge in [-0.2, -0.15) is 0 Å². The van der Waals surface area contributed by atoms with Crippen LogP contribution in [0.4, 0.5) is 9.59 Å². The molecule has 0 unspecified atom stereocenters. The summed E-state index contributed by atoms with van der Waals surface area (Å²) in [6, 6.07) is 0. The van der Waals surface area contributed by atoms with E-state index in [1.54, 1.807) is 0 Å². The largest absolute Gasteiger partial charge is 0.444 e. The third kappa shape index (κ3) is 68.6. The van der Waals surface area contributed by atoms with Crippen molar-refractivity contribution >= 4 is 30.5 Å². The molecule has 21 heteroatoms. The molecule has 64 heavy (non-hydrogen) atoms. The fourth-order valence-corrected chi connectivity index (χ4v) is 4.00. The van der Waals surface area contributed by atoms with E-state index in [9.17, 15) is 14.4 Å². The van der Waals surface area contributed by atoms with E-state index >= 15 is 0 Å². The number of halogens is 1. The van der Waals surface area contributed by atoms with E-state index in [1.165, 1.54) is 6.08 Å². The van der Waals surface area contributed by atoms with Gasteiger partial charge in [-0.25, -0.2) is 9.59 Å². The number of ether oxygens (including phenoxy) is 11. The van der Waals surface area contributed by atoms with Gasteiger partial charge in [-0.05, 0) is 106 Å². The molecule has 20 nitrogen and oxygen atoms in total. The average molecular weight is 952 g/mol. The van der Waals surface area contributed by atoms with Crippen molar-refractivity contribution in [2.45, 2.75) is 91.3 Å². The number of nitrogens with one attached hydrogen (secondary N) is 3. The molecule has 0 aliphatic heterocycles. The van der Waals surface area contributed by atoms with Crippen molar-refractivity contribution in [2.75, 3.05) is 158 Å². The molecular formula is C43H91ClN6O14. The molecule has 0 aromatic heterocycles. The van der Waals surface area contributed by atoms with Crippen LogP contribution in [-0.2, 0) is 56.9 Å². The first-order valence-corrected chi connectivity index (χ1v) is 22.4. The van der Waals surface area contributed by atoms with Crippen molar-refractivity contribution in [3.63, 3.8) is 0 Å². The van der Waals surface area contributed by atoms with Crippen LogP contribution in [0.25, 0.3) is 0 Å². The Hall–Kier alpha value is -2.44. The SMILES string of the molecule is C=CC(=O)NCCCOCCOCCOCCCNC(=O)OC(C)(C)C.CC(C)(C)OC(=O)NCCCOCCOCCOCCCN.Cl.NCCCOCCOCCOCCCN. The molecule has 3 amide bonds. The van der Waals surface area contributed by atoms with Gasteiger partial charge >= 0.3 is 12.2 Å². The van der Waals surface area contributed by atoms with E-state index in [-0.39, 0.29) is 18.3 Å². The van der Waals surface area contributed by atoms with Gasteiger partial charge in [0.25, 0.3) is 0 Å². The monoisotopic (exact) mass is 951 g/mol. The third-order valence-electron chi connectivity index (χ3n) is 6.93. The zero-order valence-electron chi connectivity index (χ0n) is 40.4. The summed E-state index contributed by atoms with van der Waals surface area (Å²) in [5.41, 5.74) is 15.0. The molecule has 0 aliphatic carbocycles. The second-order valence-corrected chi connectivity index (χ2v) is 15.4. The number of carbonyl (C=O) groups is 3. The summed E-state index contributed by atoms with van der Waals surface area (Å²) >= 11 is 0. The van der Waals surface area contributed by atoms with Crippen LogP contribution >= 0.6 is 12.4 Å². The quantitative estimate of drug-likeness (QED) is 0.0381. The van der Waals surface area contributed by atoms with Crippen LogP contribution in [0.2, 0.25) is 0 Å². The minimum Gasteiger partial charge on any atom is -0.444 e. The Morgan fingerprint density at radius 1 is 0.406 bits per heavy atom. The predicted octanol–water partition coefficient (Wildman–Crippen LogP) is 3.10. The highest BCUT2D eigenvalue weighted by atomic mass is 35.5. The Labute approximate surface area is 391 Å². The standard InChI is InChI=1S/C18H34N2O6.C15H32N2O5.C10H24N2O3.ClH/c1-5-16(21)19-8-6-10-23-12-14-25-15-13-24-11-7-9-20-17(22)26-18(2,3)4;1-15(2,3)22-14(18)17-7-5-9-20-11-13-21-12-10-19-8-4-6-16;11-3-1-5-13-7-9-15-10-8-14-6-2-4-12;/h5H,1,6-15H2,2-4H3,(H,19,21)(H,20,22);4-13,16H2,1-3H3,(H,17,18);1-12H2;1H. The van der Waals surface area contributed by atoms with Gasteiger partial charge in [-0.3, -0.25) is 4.79 Å². The lowest BCUT2D eigenvalue weighted by molar-refractivity contribution is -0.116. The first-order valence-electron chi connectivity index (χ1n) is 22.4. The van der Waals surface area contributed by atoms with Gasteiger partial charge in [0.15, 0.2) is 0 Å². The van der Waals surface area contributed by atoms with E-state index < -0.39 is 23.4 Å². The molecule has 0 aromatic carbocycles. The van der Waals surface area contributed by atoms with Crippen molar-refractivity contribution in [1.82, 2.24) is 16.0 Å². The van der Waals surface area contributed by atoms with Crippen LogP contribution in [0, 0.1) is 0 Å². The van der Waals surface area contributed by atoms with Crippen LogP contribution in [0.1, 0.15) is 80.1 Å². The molecule has 0 radical (unpaired) electrons. The summed E-state index contributed by atoms with van der Waals surface area (Å²) in [7, 11) is 0. The van der Waals surface area contributed by atoms with Crippen LogP contribution in [-0.4, -0.2) is 187 Å². The maximum absolute atomic E-state index is 11.4. The van der Waals surface area contributed by atoms with Crippen molar-refractivity contribution in [3.8, 4) is 0 Å². The summed E-state index contributed by atoms with van der Waals surface area (Å²) in [6.45, 7) is 28.5. The molecule has 0 aliphatic rings. The van der Waals surface area contributed by atoms with E-state index in [2.05, 4.69) is 22.5 Å². The Morgan fingerprint density at radius 3 is 0.844 bits per heavy atom. The van der Waals surface area contributed by atoms with E-state index in [0.29, 0.717) is 165 Å². The third-order valence-corrected chi connectivity index (χ3v) is 6.93. The second-order valence-electron chi connectivity index (χ2n) is 15.4. The maximum atomic E-state index is 11.4. The smallest absolute Gasteiger partial charge is 0.407 e. The molecule has 0 aromatic rings. The van der Waals surface area contributed by atoms with Gasteiger partial charge in [0.2, 0.25) is 5.91 Å². The summed E-state index contributed by atoms with van der Waals surface area (Å²) < 4.78 is 58.2. The summed E-state index contributed by atoms with van der Waals surface area (Å²) in [6.07, 6.45) is 5.32. The topological polar surface area (TPSA) is 267 Å². The van der Waals surface area contributed by atoms with Crippen LogP contribution in [0.15, 0.2) is 12.7 Å². The van der Waals surface area contributed by atoms with Gasteiger partial charge in [0, 0.05) is 59.3 Å². The first kappa shape index (κ1) is 68.1. The van der Waals surface area contributed by atoms with Gasteiger partial charge in [0.1, 0.15) is 11.2 Å². The normalized spacial score (nSPS) is 11.0. The lowest BCUT2D eigenvalue weighted by Crippen LogP contribution is -2.33. The summed E-state index contributed by atoms with van der Waals surface area (Å²) in [5, 5.41) is 8.02. The minimum atomic E-state index is -0.483. The zero-order valence-corrected chi connectivity index (χ0v) is 41.2. The molecular weight excluding hydrogens is 860 g/mol. The van der Waals surface area contributed by atoms with Crippen LogP contribution < -0.4 is 33.2 Å². The van der Waals surface area contributed by atoms with Crippen molar-refractivity contribution in [2.24, 2.45) is 17.2 Å². The van der Waals surface area contributed by atoms with E-state index in [4.69, 9.17) is 69.3 Å². The Bertz CT molecular complexity index is 1000. The molecule has 9 N–H and O–H groups in total. The number of alkyl carbamates (subject to hydrolysis) is 2. The minimum absolute atomic E-state index is 0. The van der Waals surface area contributed by atoms with Crippen LogP contribution in [0.3, 0.4) is 0 Å². The molecule has 0 bridgehead atoms. The highest BCUT2D eigenvalue weighted by Crippen LogP contribution is 2.07. The molecule has 0 saturated heterocycles. The zero-order chi connectivity index (χ0) is 47.6. The Balaban J connectivity index is -0.000000433. The second kappa shape index (κ2) is 53.2. The van der Waals surface area contributed by atoms with Gasteiger partial charge in [0.05, 0.1) is 79.3 Å². The molecule has 0 spiro atoms. The first-order chi connectivity index (χ1) is 30.2. The number of carbonyl (C=O) groups excluding carboxylic acids is 3. The summed E-state index contributed by atoms with van der Waals surface area (Å²) in [4.78, 5) is 33.6. The molecule has 0 saturated carbocycles. The number of rotatable bonds is 40. The number of amides is 3. The fraction of sp³-hybridized carbons (Fsp3) is 0.884. The molecule has 0 atom stereocenters. The highest BCUT2D eigenvalue weighted by Gasteiger charge is 2.16. The summed E-state index contributed by atoms with van der Waals surface area (Å²) in [5.74, 6) is -0.172. The number of hydrogen-bond acceptors (Lipinski definition) is 17. The van der Waals surface area contributed by atoms with Gasteiger partial charge < -0.3 is 85.3 Å². The lowest BCUT2D eigenvalue weighted by atomic mass is 10.2. The number of nitrogens with two attached hydrogens (primary N) is 3. The van der Waals surface area contributed by atoms with E-state index in [1.807, 2.05) is 41.5 Å². The van der Waals surface area contributed by atoms with Crippen molar-refractivity contribution in [1.29, 1.82) is 0 Å². The number of hydrogen-bond donors (Lipinski definition) is 6. The van der Waals surface area contributed by atoms with Crippen molar-refractivity contribution in [3.05, 3.63) is 12.7 Å². The fourth-order valence-electron chi connectivity index (χ4n) is 4.00. The maximum Gasteiger partial charge on any atom is 0.407 e. The Morgan fingerprint density at radius 2 is 0.625 bits per heavy atom.